The lowest BCUT2D eigenvalue weighted by Crippen LogP contribution is -2.44. The number of hydrogen-bond acceptors (Lipinski definition) is 3. The molecule has 2 rings (SSSR count). The van der Waals surface area contributed by atoms with Gasteiger partial charge in [0.05, 0.1) is 6.54 Å². The summed E-state index contributed by atoms with van der Waals surface area (Å²) in [6.07, 6.45) is 7.24. The summed E-state index contributed by atoms with van der Waals surface area (Å²) in [6, 6.07) is 0. The molecular weight excluding hydrogens is 226 g/mol. The predicted molar refractivity (Wildman–Crippen MR) is 73.3 cm³/mol. The molecule has 2 aliphatic rings. The van der Waals surface area contributed by atoms with E-state index in [1.807, 2.05) is 0 Å². The van der Waals surface area contributed by atoms with Gasteiger partial charge >= 0.3 is 0 Å². The Labute approximate surface area is 110 Å². The molecule has 2 saturated heterocycles. The van der Waals surface area contributed by atoms with Gasteiger partial charge in [0.2, 0.25) is 5.91 Å². The number of amides is 1. The first-order valence-electron chi connectivity index (χ1n) is 7.50. The Balaban J connectivity index is 1.73. The Morgan fingerprint density at radius 2 is 1.61 bits per heavy atom. The summed E-state index contributed by atoms with van der Waals surface area (Å²) in [5.41, 5.74) is 5.69. The third-order valence-corrected chi connectivity index (χ3v) is 4.36. The van der Waals surface area contributed by atoms with Gasteiger partial charge in [-0.25, -0.2) is 0 Å². The van der Waals surface area contributed by atoms with E-state index in [0.29, 0.717) is 18.4 Å². The molecule has 18 heavy (non-hydrogen) atoms. The first-order valence-corrected chi connectivity index (χ1v) is 7.50. The van der Waals surface area contributed by atoms with Gasteiger partial charge < -0.3 is 10.6 Å². The summed E-state index contributed by atoms with van der Waals surface area (Å²) >= 11 is 0. The highest BCUT2D eigenvalue weighted by Crippen LogP contribution is 2.16. The minimum Gasteiger partial charge on any atom is -0.342 e. The van der Waals surface area contributed by atoms with E-state index in [1.165, 1.54) is 25.7 Å². The van der Waals surface area contributed by atoms with E-state index < -0.39 is 0 Å². The smallest absolute Gasteiger partial charge is 0.236 e. The standard InChI is InChI=1S/C14H27N3O/c15-11-13-5-9-16(10-6-13)12-14(18)17-7-3-1-2-4-8-17/h13H,1-12,15H2. The fourth-order valence-corrected chi connectivity index (χ4v) is 2.99. The molecule has 4 heteroatoms. The average molecular weight is 253 g/mol. The van der Waals surface area contributed by atoms with Crippen molar-refractivity contribution in [1.29, 1.82) is 0 Å². The average Bonchev–Trinajstić information content (AvgIpc) is 2.68. The van der Waals surface area contributed by atoms with E-state index >= 15 is 0 Å². The summed E-state index contributed by atoms with van der Waals surface area (Å²) in [5, 5.41) is 0. The second-order valence-electron chi connectivity index (χ2n) is 5.75. The molecule has 4 nitrogen and oxygen atoms in total. The summed E-state index contributed by atoms with van der Waals surface area (Å²) in [7, 11) is 0. The summed E-state index contributed by atoms with van der Waals surface area (Å²) in [4.78, 5) is 16.6. The van der Waals surface area contributed by atoms with Gasteiger partial charge in [0.1, 0.15) is 0 Å². The van der Waals surface area contributed by atoms with Crippen molar-refractivity contribution < 1.29 is 4.79 Å². The van der Waals surface area contributed by atoms with Crippen LogP contribution in [0.2, 0.25) is 0 Å². The maximum atomic E-state index is 12.2. The number of nitrogens with zero attached hydrogens (tertiary/aromatic N) is 2. The van der Waals surface area contributed by atoms with Crippen molar-refractivity contribution >= 4 is 5.91 Å². The van der Waals surface area contributed by atoms with Crippen molar-refractivity contribution in [2.24, 2.45) is 11.7 Å². The molecule has 2 fully saturated rings. The molecule has 0 saturated carbocycles. The summed E-state index contributed by atoms with van der Waals surface area (Å²) in [5.74, 6) is 1.01. The quantitative estimate of drug-likeness (QED) is 0.818. The summed E-state index contributed by atoms with van der Waals surface area (Å²) in [6.45, 7) is 5.45. The maximum absolute atomic E-state index is 12.2. The molecule has 2 N–H and O–H groups in total. The van der Waals surface area contributed by atoms with Crippen LogP contribution in [0.3, 0.4) is 0 Å². The van der Waals surface area contributed by atoms with Crippen molar-refractivity contribution in [1.82, 2.24) is 9.80 Å². The molecule has 0 spiro atoms. The van der Waals surface area contributed by atoms with Crippen molar-refractivity contribution in [2.75, 3.05) is 39.3 Å². The van der Waals surface area contributed by atoms with Gasteiger partial charge in [-0.3, -0.25) is 9.69 Å². The van der Waals surface area contributed by atoms with Crippen LogP contribution in [-0.2, 0) is 4.79 Å². The van der Waals surface area contributed by atoms with E-state index in [2.05, 4.69) is 9.80 Å². The highest BCUT2D eigenvalue weighted by Gasteiger charge is 2.22. The Bertz CT molecular complexity index is 254. The number of nitrogens with two attached hydrogens (primary N) is 1. The van der Waals surface area contributed by atoms with Crippen LogP contribution in [0.25, 0.3) is 0 Å². The number of carbonyl (C=O) groups is 1. The van der Waals surface area contributed by atoms with Crippen molar-refractivity contribution in [3.05, 3.63) is 0 Å². The molecular formula is C14H27N3O. The first kappa shape index (κ1) is 13.8. The first-order chi connectivity index (χ1) is 8.79. The van der Waals surface area contributed by atoms with E-state index in [4.69, 9.17) is 5.73 Å². The number of carbonyl (C=O) groups excluding carboxylic acids is 1. The largest absolute Gasteiger partial charge is 0.342 e. The minimum atomic E-state index is 0.336. The van der Waals surface area contributed by atoms with E-state index in [-0.39, 0.29) is 0 Å². The van der Waals surface area contributed by atoms with Crippen LogP contribution in [0.15, 0.2) is 0 Å². The second-order valence-corrected chi connectivity index (χ2v) is 5.75. The van der Waals surface area contributed by atoms with Gasteiger partial charge in [-0.15, -0.1) is 0 Å². The Morgan fingerprint density at radius 1 is 1.00 bits per heavy atom. The molecule has 2 aliphatic heterocycles. The topological polar surface area (TPSA) is 49.6 Å². The Morgan fingerprint density at radius 3 is 2.17 bits per heavy atom. The Hall–Kier alpha value is -0.610. The van der Waals surface area contributed by atoms with Gasteiger partial charge in [0.15, 0.2) is 0 Å². The van der Waals surface area contributed by atoms with Crippen LogP contribution in [-0.4, -0.2) is 55.0 Å². The van der Waals surface area contributed by atoms with Crippen molar-refractivity contribution in [2.45, 2.75) is 38.5 Å². The predicted octanol–water partition coefficient (Wildman–Crippen LogP) is 1.06. The number of likely N-dealkylation sites (tertiary alicyclic amines) is 2. The lowest BCUT2D eigenvalue weighted by Gasteiger charge is -2.32. The maximum Gasteiger partial charge on any atom is 0.236 e. The second kappa shape index (κ2) is 7.10. The fourth-order valence-electron chi connectivity index (χ4n) is 2.99. The zero-order valence-corrected chi connectivity index (χ0v) is 11.4. The number of rotatable bonds is 3. The Kier molecular flexibility index (Phi) is 5.45. The van der Waals surface area contributed by atoms with E-state index in [0.717, 1.165) is 45.6 Å². The zero-order valence-electron chi connectivity index (χ0n) is 11.4. The molecule has 0 aromatic rings. The van der Waals surface area contributed by atoms with Crippen LogP contribution in [0.4, 0.5) is 0 Å². The van der Waals surface area contributed by atoms with Gasteiger partial charge in [-0.2, -0.15) is 0 Å². The highest BCUT2D eigenvalue weighted by molar-refractivity contribution is 5.78. The zero-order chi connectivity index (χ0) is 12.8. The molecule has 104 valence electrons. The van der Waals surface area contributed by atoms with E-state index in [1.54, 1.807) is 0 Å². The third-order valence-electron chi connectivity index (χ3n) is 4.36. The molecule has 2 heterocycles. The monoisotopic (exact) mass is 253 g/mol. The summed E-state index contributed by atoms with van der Waals surface area (Å²) < 4.78 is 0. The molecule has 0 aliphatic carbocycles. The van der Waals surface area contributed by atoms with Gasteiger partial charge in [-0.1, -0.05) is 12.8 Å². The minimum absolute atomic E-state index is 0.336. The lowest BCUT2D eigenvalue weighted by atomic mass is 9.97. The number of piperidine rings is 1. The van der Waals surface area contributed by atoms with Crippen LogP contribution in [0.1, 0.15) is 38.5 Å². The lowest BCUT2D eigenvalue weighted by molar-refractivity contribution is -0.132. The molecule has 0 atom stereocenters. The van der Waals surface area contributed by atoms with E-state index in [9.17, 15) is 4.79 Å². The normalized spacial score (nSPS) is 23.9. The van der Waals surface area contributed by atoms with Gasteiger partial charge in [0, 0.05) is 13.1 Å². The molecule has 0 unspecified atom stereocenters. The van der Waals surface area contributed by atoms with Gasteiger partial charge in [0.25, 0.3) is 0 Å². The molecule has 0 bridgehead atoms. The molecule has 0 aromatic heterocycles. The molecule has 0 radical (unpaired) electrons. The molecule has 0 aromatic carbocycles. The van der Waals surface area contributed by atoms with Crippen molar-refractivity contribution in [3.8, 4) is 0 Å². The number of hydrogen-bond donors (Lipinski definition) is 1. The van der Waals surface area contributed by atoms with Crippen LogP contribution >= 0.6 is 0 Å². The SMILES string of the molecule is NCC1CCN(CC(=O)N2CCCCCC2)CC1. The molecule has 1 amide bonds. The van der Waals surface area contributed by atoms with Crippen molar-refractivity contribution in [3.63, 3.8) is 0 Å². The van der Waals surface area contributed by atoms with Gasteiger partial charge in [-0.05, 0) is 51.2 Å². The van der Waals surface area contributed by atoms with Crippen LogP contribution in [0, 0.1) is 5.92 Å². The third kappa shape index (κ3) is 3.95. The van der Waals surface area contributed by atoms with Crippen LogP contribution < -0.4 is 5.73 Å². The highest BCUT2D eigenvalue weighted by atomic mass is 16.2. The fraction of sp³-hybridized carbons (Fsp3) is 0.929. The van der Waals surface area contributed by atoms with Crippen LogP contribution in [0.5, 0.6) is 0 Å².